The average molecular weight is 256 g/mol. The maximum atomic E-state index is 10.9. The van der Waals surface area contributed by atoms with Gasteiger partial charge in [0.15, 0.2) is 0 Å². The fraction of sp³-hybridized carbons (Fsp3) is 0.455. The van der Waals surface area contributed by atoms with E-state index in [4.69, 9.17) is 11.6 Å². The van der Waals surface area contributed by atoms with Gasteiger partial charge in [-0.15, -0.1) is 0 Å². The zero-order valence-corrected chi connectivity index (χ0v) is 10.3. The van der Waals surface area contributed by atoms with Gasteiger partial charge in [-0.3, -0.25) is 15.0 Å². The van der Waals surface area contributed by atoms with E-state index in [2.05, 4.69) is 10.2 Å². The van der Waals surface area contributed by atoms with Gasteiger partial charge in [0.05, 0.1) is 15.5 Å². The van der Waals surface area contributed by atoms with Crippen molar-refractivity contribution in [2.45, 2.75) is 12.6 Å². The van der Waals surface area contributed by atoms with E-state index in [-0.39, 0.29) is 10.6 Å². The minimum absolute atomic E-state index is 0.0941. The number of hydrogen-bond acceptors (Lipinski definition) is 4. The largest absolute Gasteiger partial charge is 0.314 e. The highest BCUT2D eigenvalue weighted by atomic mass is 35.5. The van der Waals surface area contributed by atoms with Gasteiger partial charge < -0.3 is 5.32 Å². The van der Waals surface area contributed by atoms with Crippen LogP contribution in [0, 0.1) is 10.1 Å². The maximum absolute atomic E-state index is 10.9. The summed E-state index contributed by atoms with van der Waals surface area (Å²) in [5.41, 5.74) is 0.685. The van der Waals surface area contributed by atoms with Gasteiger partial charge in [-0.25, -0.2) is 0 Å². The lowest BCUT2D eigenvalue weighted by Crippen LogP contribution is -2.55. The van der Waals surface area contributed by atoms with Gasteiger partial charge in [0.2, 0.25) is 0 Å². The van der Waals surface area contributed by atoms with Crippen LogP contribution in [0.25, 0.3) is 0 Å². The van der Waals surface area contributed by atoms with E-state index in [1.807, 2.05) is 7.05 Å². The lowest BCUT2D eigenvalue weighted by molar-refractivity contribution is -0.385. The van der Waals surface area contributed by atoms with Crippen LogP contribution in [0.2, 0.25) is 5.02 Å². The molecule has 0 bridgehead atoms. The third kappa shape index (κ3) is 2.57. The third-order valence-corrected chi connectivity index (χ3v) is 3.44. The molecule has 5 nitrogen and oxygen atoms in total. The van der Waals surface area contributed by atoms with E-state index >= 15 is 0 Å². The van der Waals surface area contributed by atoms with E-state index in [9.17, 15) is 10.1 Å². The van der Waals surface area contributed by atoms with Crippen LogP contribution < -0.4 is 5.32 Å². The van der Waals surface area contributed by atoms with E-state index in [0.29, 0.717) is 23.2 Å². The molecule has 92 valence electrons. The van der Waals surface area contributed by atoms with Crippen LogP contribution in [-0.4, -0.2) is 36.0 Å². The Kier molecular flexibility index (Phi) is 3.61. The lowest BCUT2D eigenvalue weighted by atomic mass is 10.1. The highest BCUT2D eigenvalue weighted by Gasteiger charge is 2.25. The van der Waals surface area contributed by atoms with E-state index < -0.39 is 0 Å². The summed E-state index contributed by atoms with van der Waals surface area (Å²) >= 11 is 6.04. The smallest absolute Gasteiger partial charge is 0.275 e. The standard InChI is InChI=1S/C11H14ClN3O2/c1-14(8-5-13-6-8)7-9-10(12)3-2-4-11(9)15(16)17/h2-4,8,13H,5-7H2,1H3. The molecule has 0 radical (unpaired) electrons. The summed E-state index contributed by atoms with van der Waals surface area (Å²) in [5.74, 6) is 0. The number of nitro groups is 1. The van der Waals surface area contributed by atoms with Gasteiger partial charge in [0, 0.05) is 31.7 Å². The Hall–Kier alpha value is -1.17. The molecule has 0 aliphatic carbocycles. The molecule has 0 amide bonds. The number of rotatable bonds is 4. The van der Waals surface area contributed by atoms with Crippen molar-refractivity contribution in [2.24, 2.45) is 0 Å². The monoisotopic (exact) mass is 255 g/mol. The molecule has 1 aromatic rings. The summed E-state index contributed by atoms with van der Waals surface area (Å²) in [4.78, 5) is 12.6. The highest BCUT2D eigenvalue weighted by Crippen LogP contribution is 2.27. The van der Waals surface area contributed by atoms with Crippen molar-refractivity contribution >= 4 is 17.3 Å². The van der Waals surface area contributed by atoms with Crippen molar-refractivity contribution in [3.8, 4) is 0 Å². The highest BCUT2D eigenvalue weighted by molar-refractivity contribution is 6.31. The molecule has 0 unspecified atom stereocenters. The van der Waals surface area contributed by atoms with Crippen LogP contribution in [0.5, 0.6) is 0 Å². The fourth-order valence-electron chi connectivity index (χ4n) is 1.84. The summed E-state index contributed by atoms with van der Waals surface area (Å²) in [6.45, 7) is 2.35. The van der Waals surface area contributed by atoms with Crippen molar-refractivity contribution in [3.63, 3.8) is 0 Å². The first-order valence-corrected chi connectivity index (χ1v) is 5.80. The Morgan fingerprint density at radius 1 is 1.59 bits per heavy atom. The summed E-state index contributed by atoms with van der Waals surface area (Å²) < 4.78 is 0. The van der Waals surface area contributed by atoms with Gasteiger partial charge in [-0.1, -0.05) is 17.7 Å². The van der Waals surface area contributed by atoms with Gasteiger partial charge >= 0.3 is 0 Å². The first kappa shape index (κ1) is 12.3. The fourth-order valence-corrected chi connectivity index (χ4v) is 2.07. The number of nitrogens with zero attached hydrogens (tertiary/aromatic N) is 2. The summed E-state index contributed by atoms with van der Waals surface area (Å²) in [5, 5.41) is 14.6. The molecule has 1 N–H and O–H groups in total. The first-order valence-electron chi connectivity index (χ1n) is 5.42. The third-order valence-electron chi connectivity index (χ3n) is 3.08. The molecule has 0 spiro atoms. The normalized spacial score (nSPS) is 15.9. The maximum Gasteiger partial charge on any atom is 0.275 e. The average Bonchev–Trinajstić information content (AvgIpc) is 2.17. The molecule has 1 saturated heterocycles. The van der Waals surface area contributed by atoms with Crippen molar-refractivity contribution in [2.75, 3.05) is 20.1 Å². The topological polar surface area (TPSA) is 58.4 Å². The molecule has 2 rings (SSSR count). The minimum atomic E-state index is -0.381. The van der Waals surface area contributed by atoms with Gasteiger partial charge in [0.1, 0.15) is 0 Å². The molecule has 1 fully saturated rings. The molecular formula is C11H14ClN3O2. The van der Waals surface area contributed by atoms with Crippen molar-refractivity contribution in [1.82, 2.24) is 10.2 Å². The molecule has 1 aromatic carbocycles. The van der Waals surface area contributed by atoms with Gasteiger partial charge in [-0.2, -0.15) is 0 Å². The lowest BCUT2D eigenvalue weighted by Gasteiger charge is -2.35. The van der Waals surface area contributed by atoms with Gasteiger partial charge in [0.25, 0.3) is 5.69 Å². The van der Waals surface area contributed by atoms with Crippen LogP contribution in [0.15, 0.2) is 18.2 Å². The number of halogens is 1. The molecule has 1 heterocycles. The molecule has 1 aliphatic rings. The van der Waals surface area contributed by atoms with Crippen molar-refractivity contribution in [3.05, 3.63) is 38.9 Å². The zero-order chi connectivity index (χ0) is 12.4. The predicted molar refractivity (Wildman–Crippen MR) is 66.2 cm³/mol. The van der Waals surface area contributed by atoms with Crippen LogP contribution in [0.4, 0.5) is 5.69 Å². The number of likely N-dealkylation sites (N-methyl/N-ethyl adjacent to an activating group) is 1. The van der Waals surface area contributed by atoms with Crippen LogP contribution in [0.1, 0.15) is 5.56 Å². The van der Waals surface area contributed by atoms with Crippen molar-refractivity contribution < 1.29 is 4.92 Å². The van der Waals surface area contributed by atoms with E-state index in [0.717, 1.165) is 13.1 Å². The predicted octanol–water partition coefficient (Wildman–Crippen LogP) is 1.65. The molecule has 0 aromatic heterocycles. The molecule has 17 heavy (non-hydrogen) atoms. The Bertz CT molecular complexity index is 435. The van der Waals surface area contributed by atoms with Crippen LogP contribution >= 0.6 is 11.6 Å². The van der Waals surface area contributed by atoms with Crippen molar-refractivity contribution in [1.29, 1.82) is 0 Å². The molecular weight excluding hydrogens is 242 g/mol. The number of nitro benzene ring substituents is 1. The molecule has 0 saturated carbocycles. The molecule has 1 aliphatic heterocycles. The van der Waals surface area contributed by atoms with Crippen LogP contribution in [0.3, 0.4) is 0 Å². The zero-order valence-electron chi connectivity index (χ0n) is 9.52. The van der Waals surface area contributed by atoms with Crippen LogP contribution in [-0.2, 0) is 6.54 Å². The number of hydrogen-bond donors (Lipinski definition) is 1. The summed E-state index contributed by atoms with van der Waals surface area (Å²) in [6, 6.07) is 5.23. The van der Waals surface area contributed by atoms with E-state index in [1.54, 1.807) is 12.1 Å². The number of benzene rings is 1. The SMILES string of the molecule is CN(Cc1c(Cl)cccc1[N+](=O)[O-])C1CNC1. The summed E-state index contributed by atoms with van der Waals surface area (Å²) in [7, 11) is 1.96. The molecule has 0 atom stereocenters. The van der Waals surface area contributed by atoms with E-state index in [1.165, 1.54) is 6.07 Å². The minimum Gasteiger partial charge on any atom is -0.314 e. The first-order chi connectivity index (χ1) is 8.09. The second-order valence-corrected chi connectivity index (χ2v) is 4.63. The quantitative estimate of drug-likeness (QED) is 0.657. The summed E-state index contributed by atoms with van der Waals surface area (Å²) in [6.07, 6.45) is 0. The second-order valence-electron chi connectivity index (χ2n) is 4.22. The Morgan fingerprint density at radius 2 is 2.29 bits per heavy atom. The molecule has 6 heteroatoms. The Labute approximate surface area is 105 Å². The Balaban J connectivity index is 2.21. The Morgan fingerprint density at radius 3 is 2.82 bits per heavy atom. The van der Waals surface area contributed by atoms with Gasteiger partial charge in [-0.05, 0) is 13.1 Å². The second kappa shape index (κ2) is 5.00. The number of nitrogens with one attached hydrogen (secondary N) is 1.